The molecule has 0 saturated carbocycles. The topological polar surface area (TPSA) is 116 Å². The quantitative estimate of drug-likeness (QED) is 0.319. The number of benzene rings is 2. The second kappa shape index (κ2) is 10.2. The molecule has 2 aromatic carbocycles. The number of hydrogen-bond acceptors (Lipinski definition) is 7. The van der Waals surface area contributed by atoms with Crippen LogP contribution in [0, 0.1) is 10.1 Å². The zero-order chi connectivity index (χ0) is 23.3. The van der Waals surface area contributed by atoms with Crippen molar-refractivity contribution in [3.8, 4) is 5.75 Å². The average Bonchev–Trinajstić information content (AvgIpc) is 2.82. The molecule has 0 aromatic heterocycles. The normalized spacial score (nSPS) is 14.8. The number of nitro benzene ring substituents is 1. The largest absolute Gasteiger partial charge is 0.478 e. The summed E-state index contributed by atoms with van der Waals surface area (Å²) in [6.07, 6.45) is 1.44. The van der Waals surface area contributed by atoms with Crippen LogP contribution in [-0.4, -0.2) is 56.3 Å². The van der Waals surface area contributed by atoms with E-state index in [2.05, 4.69) is 0 Å². The fraction of sp³-hybridized carbons (Fsp3) is 0.409. The summed E-state index contributed by atoms with van der Waals surface area (Å²) in [5, 5.41) is 11.6. The van der Waals surface area contributed by atoms with Gasteiger partial charge in [-0.2, -0.15) is 4.31 Å². The zero-order valence-electron chi connectivity index (χ0n) is 18.1. The van der Waals surface area contributed by atoms with Crippen molar-refractivity contribution in [2.45, 2.75) is 31.6 Å². The molecule has 0 N–H and O–H groups in total. The molecule has 1 aliphatic rings. The van der Waals surface area contributed by atoms with E-state index in [1.807, 2.05) is 32.0 Å². The van der Waals surface area contributed by atoms with Crippen LogP contribution < -0.4 is 4.74 Å². The van der Waals surface area contributed by atoms with E-state index < -0.39 is 27.2 Å². The van der Waals surface area contributed by atoms with Crippen molar-refractivity contribution in [3.05, 3.63) is 63.2 Å². The second-order valence-corrected chi connectivity index (χ2v) is 9.25. The van der Waals surface area contributed by atoms with Crippen molar-refractivity contribution in [2.75, 3.05) is 32.9 Å². The fourth-order valence-electron chi connectivity index (χ4n) is 3.49. The van der Waals surface area contributed by atoms with Gasteiger partial charge in [0.15, 0.2) is 18.1 Å². The van der Waals surface area contributed by atoms with Crippen LogP contribution in [0.3, 0.4) is 0 Å². The molecular weight excluding hydrogens is 436 g/mol. The molecule has 9 nitrogen and oxygen atoms in total. The first-order valence-corrected chi connectivity index (χ1v) is 11.9. The van der Waals surface area contributed by atoms with E-state index in [4.69, 9.17) is 9.47 Å². The van der Waals surface area contributed by atoms with Crippen molar-refractivity contribution in [2.24, 2.45) is 0 Å². The number of nitro groups is 1. The van der Waals surface area contributed by atoms with Crippen molar-refractivity contribution < 1.29 is 27.6 Å². The number of hydrogen-bond donors (Lipinski definition) is 0. The Bertz CT molecular complexity index is 1110. The number of Topliss-reactive ketones (excluding diaryl/α,β-unsaturated/α-hetero) is 1. The van der Waals surface area contributed by atoms with Crippen LogP contribution in [0.25, 0.3) is 0 Å². The summed E-state index contributed by atoms with van der Waals surface area (Å²) in [5.74, 6) is -0.453. The van der Waals surface area contributed by atoms with Crippen LogP contribution in [0.15, 0.2) is 41.3 Å². The first-order chi connectivity index (χ1) is 15.3. The smallest absolute Gasteiger partial charge is 0.312 e. The molecule has 3 rings (SSSR count). The van der Waals surface area contributed by atoms with Gasteiger partial charge in [-0.25, -0.2) is 8.42 Å². The van der Waals surface area contributed by atoms with E-state index in [0.29, 0.717) is 12.0 Å². The number of morpholine rings is 1. The lowest BCUT2D eigenvalue weighted by Gasteiger charge is -2.26. The summed E-state index contributed by atoms with van der Waals surface area (Å²) in [5.41, 5.74) is 1.90. The molecule has 0 aliphatic carbocycles. The van der Waals surface area contributed by atoms with Gasteiger partial charge >= 0.3 is 5.69 Å². The summed E-state index contributed by atoms with van der Waals surface area (Å²) in [7, 11) is -3.90. The highest BCUT2D eigenvalue weighted by molar-refractivity contribution is 7.89. The molecule has 0 radical (unpaired) electrons. The number of aryl methyl sites for hydroxylation is 2. The van der Waals surface area contributed by atoms with Gasteiger partial charge in [-0.3, -0.25) is 14.9 Å². The molecule has 0 unspecified atom stereocenters. The van der Waals surface area contributed by atoms with E-state index in [0.717, 1.165) is 23.6 Å². The summed E-state index contributed by atoms with van der Waals surface area (Å²) in [6, 6.07) is 9.14. The Balaban J connectivity index is 1.83. The molecule has 1 saturated heterocycles. The van der Waals surface area contributed by atoms with Crippen molar-refractivity contribution in [3.63, 3.8) is 0 Å². The van der Waals surface area contributed by atoms with Crippen molar-refractivity contribution in [1.82, 2.24) is 4.31 Å². The number of nitrogens with zero attached hydrogens (tertiary/aromatic N) is 2. The fourth-order valence-corrected chi connectivity index (χ4v) is 4.92. The van der Waals surface area contributed by atoms with Gasteiger partial charge in [-0.05, 0) is 42.2 Å². The third-order valence-corrected chi connectivity index (χ3v) is 7.25. The molecule has 1 fully saturated rings. The van der Waals surface area contributed by atoms with E-state index in [-0.39, 0.29) is 42.7 Å². The Morgan fingerprint density at radius 3 is 2.47 bits per heavy atom. The number of rotatable bonds is 9. The third kappa shape index (κ3) is 5.14. The molecule has 1 aliphatic heterocycles. The first-order valence-electron chi connectivity index (χ1n) is 10.4. The number of carbonyl (C=O) groups is 1. The Morgan fingerprint density at radius 2 is 1.84 bits per heavy atom. The first kappa shape index (κ1) is 23.8. The Morgan fingerprint density at radius 1 is 1.12 bits per heavy atom. The standard InChI is InChI=1S/C22H26N2O7S/c1-3-16-5-6-17(4-2)19(13-16)21(25)15-31-22-8-7-18(14-20(22)24(26)27)32(28,29)23-9-11-30-12-10-23/h5-8,13-14H,3-4,9-12,15H2,1-2H3. The number of carbonyl (C=O) groups excluding carboxylic acids is 1. The minimum absolute atomic E-state index is 0.158. The predicted octanol–water partition coefficient (Wildman–Crippen LogP) is 3.00. The Kier molecular flexibility index (Phi) is 7.60. The summed E-state index contributed by atoms with van der Waals surface area (Å²) in [4.78, 5) is 23.4. The highest BCUT2D eigenvalue weighted by Gasteiger charge is 2.29. The Labute approximate surface area is 187 Å². The van der Waals surface area contributed by atoms with Gasteiger partial charge in [-0.15, -0.1) is 0 Å². The summed E-state index contributed by atoms with van der Waals surface area (Å²) >= 11 is 0. The molecule has 1 heterocycles. The van der Waals surface area contributed by atoms with Crippen LogP contribution in [0.1, 0.15) is 35.3 Å². The second-order valence-electron chi connectivity index (χ2n) is 7.31. The lowest BCUT2D eigenvalue weighted by molar-refractivity contribution is -0.386. The summed E-state index contributed by atoms with van der Waals surface area (Å²) in [6.45, 7) is 4.43. The van der Waals surface area contributed by atoms with Crippen molar-refractivity contribution >= 4 is 21.5 Å². The monoisotopic (exact) mass is 462 g/mol. The molecule has 0 spiro atoms. The number of ketones is 1. The molecule has 0 atom stereocenters. The summed E-state index contributed by atoms with van der Waals surface area (Å²) < 4.78 is 37.5. The van der Waals surface area contributed by atoms with Crippen molar-refractivity contribution in [1.29, 1.82) is 0 Å². The van der Waals surface area contributed by atoms with E-state index in [1.54, 1.807) is 0 Å². The molecule has 2 aromatic rings. The van der Waals surface area contributed by atoms with E-state index in [1.165, 1.54) is 16.4 Å². The van der Waals surface area contributed by atoms with Crippen LogP contribution in [0.5, 0.6) is 5.75 Å². The number of sulfonamides is 1. The van der Waals surface area contributed by atoms with Gasteiger partial charge in [0.05, 0.1) is 23.0 Å². The molecular formula is C22H26N2O7S. The average molecular weight is 463 g/mol. The highest BCUT2D eigenvalue weighted by Crippen LogP contribution is 2.31. The van der Waals surface area contributed by atoms with Crippen LogP contribution >= 0.6 is 0 Å². The van der Waals surface area contributed by atoms with E-state index in [9.17, 15) is 23.3 Å². The van der Waals surface area contributed by atoms with Crippen LogP contribution in [0.2, 0.25) is 0 Å². The molecule has 0 amide bonds. The maximum Gasteiger partial charge on any atom is 0.312 e. The lowest BCUT2D eigenvalue weighted by Crippen LogP contribution is -2.40. The number of ether oxygens (including phenoxy) is 2. The zero-order valence-corrected chi connectivity index (χ0v) is 18.9. The minimum Gasteiger partial charge on any atom is -0.478 e. The molecule has 0 bridgehead atoms. The van der Waals surface area contributed by atoms with E-state index >= 15 is 0 Å². The van der Waals surface area contributed by atoms with Gasteiger partial charge in [0.2, 0.25) is 10.0 Å². The lowest BCUT2D eigenvalue weighted by atomic mass is 9.98. The SMILES string of the molecule is CCc1ccc(CC)c(C(=O)COc2ccc(S(=O)(=O)N3CCOCC3)cc2[N+](=O)[O-])c1. The minimum atomic E-state index is -3.90. The third-order valence-electron chi connectivity index (χ3n) is 5.36. The van der Waals surface area contributed by atoms with Gasteiger partial charge in [0.25, 0.3) is 0 Å². The molecule has 32 heavy (non-hydrogen) atoms. The van der Waals surface area contributed by atoms with Gasteiger partial charge in [-0.1, -0.05) is 26.0 Å². The van der Waals surface area contributed by atoms with Crippen LogP contribution in [-0.2, 0) is 27.6 Å². The Hall–Kier alpha value is -2.82. The maximum atomic E-state index is 12.8. The van der Waals surface area contributed by atoms with Gasteiger partial charge < -0.3 is 9.47 Å². The predicted molar refractivity (Wildman–Crippen MR) is 118 cm³/mol. The van der Waals surface area contributed by atoms with Gasteiger partial charge in [0, 0.05) is 24.7 Å². The van der Waals surface area contributed by atoms with Gasteiger partial charge in [0.1, 0.15) is 0 Å². The molecule has 10 heteroatoms. The maximum absolute atomic E-state index is 12.8. The molecule has 172 valence electrons. The van der Waals surface area contributed by atoms with Crippen LogP contribution in [0.4, 0.5) is 5.69 Å². The highest BCUT2D eigenvalue weighted by atomic mass is 32.2.